The molecule has 0 bridgehead atoms. The van der Waals surface area contributed by atoms with Gasteiger partial charge in [0.2, 0.25) is 5.91 Å². The monoisotopic (exact) mass is 310 g/mol. The summed E-state index contributed by atoms with van der Waals surface area (Å²) in [5, 5.41) is 9.72. The van der Waals surface area contributed by atoms with Crippen LogP contribution >= 0.6 is 12.4 Å². The van der Waals surface area contributed by atoms with Crippen molar-refractivity contribution in [2.24, 2.45) is 11.7 Å². The topological polar surface area (TPSA) is 66.6 Å². The summed E-state index contributed by atoms with van der Waals surface area (Å²) < 4.78 is 0. The second-order valence-electron chi connectivity index (χ2n) is 5.99. The molecule has 1 aromatic rings. The Labute approximate surface area is 131 Å². The maximum atomic E-state index is 12.6. The molecule has 21 heavy (non-hydrogen) atoms. The highest BCUT2D eigenvalue weighted by molar-refractivity contribution is 5.85. The molecule has 1 aliphatic heterocycles. The SMILES string of the molecule is Cl.N[C@@H]1C[C@H](C(=O)N2CCc3ccccc3CC2)C[C@H]1O. The van der Waals surface area contributed by atoms with E-state index < -0.39 is 6.10 Å². The van der Waals surface area contributed by atoms with Gasteiger partial charge in [0.15, 0.2) is 0 Å². The number of amides is 1. The zero-order valence-electron chi connectivity index (χ0n) is 12.1. The van der Waals surface area contributed by atoms with Gasteiger partial charge in [0, 0.05) is 25.0 Å². The fourth-order valence-electron chi connectivity index (χ4n) is 3.40. The van der Waals surface area contributed by atoms with E-state index in [4.69, 9.17) is 5.73 Å². The Kier molecular flexibility index (Phi) is 5.25. The van der Waals surface area contributed by atoms with Gasteiger partial charge in [-0.3, -0.25) is 4.79 Å². The molecule has 2 aliphatic rings. The number of aliphatic hydroxyl groups excluding tert-OH is 1. The summed E-state index contributed by atoms with van der Waals surface area (Å²) in [4.78, 5) is 14.5. The maximum absolute atomic E-state index is 12.6. The molecule has 5 heteroatoms. The molecule has 116 valence electrons. The van der Waals surface area contributed by atoms with Crippen molar-refractivity contribution >= 4 is 18.3 Å². The van der Waals surface area contributed by atoms with E-state index in [9.17, 15) is 9.90 Å². The fraction of sp³-hybridized carbons (Fsp3) is 0.562. The quantitative estimate of drug-likeness (QED) is 0.817. The van der Waals surface area contributed by atoms with Crippen LogP contribution in [-0.2, 0) is 17.6 Å². The highest BCUT2D eigenvalue weighted by atomic mass is 35.5. The number of nitrogens with zero attached hydrogens (tertiary/aromatic N) is 1. The molecule has 0 spiro atoms. The number of carbonyl (C=O) groups excluding carboxylic acids is 1. The standard InChI is InChI=1S/C16H22N2O2.ClH/c17-14-9-13(10-15(14)19)16(20)18-7-5-11-3-1-2-4-12(11)6-8-18;/h1-4,13-15,19H,5-10,17H2;1H/t13-,14+,15+;/m0./s1. The van der Waals surface area contributed by atoms with Gasteiger partial charge in [0.25, 0.3) is 0 Å². The summed E-state index contributed by atoms with van der Waals surface area (Å²) >= 11 is 0. The first-order valence-corrected chi connectivity index (χ1v) is 7.44. The molecule has 0 aromatic heterocycles. The zero-order valence-corrected chi connectivity index (χ0v) is 12.9. The molecule has 4 nitrogen and oxygen atoms in total. The largest absolute Gasteiger partial charge is 0.391 e. The second-order valence-corrected chi connectivity index (χ2v) is 5.99. The first kappa shape index (κ1) is 16.3. The average Bonchev–Trinajstić information content (AvgIpc) is 2.68. The van der Waals surface area contributed by atoms with Crippen LogP contribution in [0.3, 0.4) is 0 Å². The van der Waals surface area contributed by atoms with Gasteiger partial charge in [0.1, 0.15) is 0 Å². The third-order valence-corrected chi connectivity index (χ3v) is 4.66. The second kappa shape index (κ2) is 6.77. The van der Waals surface area contributed by atoms with Gasteiger partial charge in [-0.15, -0.1) is 12.4 Å². The van der Waals surface area contributed by atoms with Crippen LogP contribution in [0, 0.1) is 5.92 Å². The molecule has 0 unspecified atom stereocenters. The summed E-state index contributed by atoms with van der Waals surface area (Å²) in [5.41, 5.74) is 8.52. The van der Waals surface area contributed by atoms with Crippen LogP contribution in [-0.4, -0.2) is 41.1 Å². The number of fused-ring (bicyclic) bond motifs is 1. The van der Waals surface area contributed by atoms with E-state index in [-0.39, 0.29) is 30.3 Å². The third kappa shape index (κ3) is 3.39. The van der Waals surface area contributed by atoms with Gasteiger partial charge >= 0.3 is 0 Å². The lowest BCUT2D eigenvalue weighted by Gasteiger charge is -2.23. The van der Waals surface area contributed by atoms with Gasteiger partial charge in [-0.25, -0.2) is 0 Å². The van der Waals surface area contributed by atoms with Crippen LogP contribution in [0.15, 0.2) is 24.3 Å². The molecule has 1 heterocycles. The number of aliphatic hydroxyl groups is 1. The van der Waals surface area contributed by atoms with Crippen LogP contribution in [0.1, 0.15) is 24.0 Å². The minimum atomic E-state index is -0.520. The molecule has 0 radical (unpaired) electrons. The molecule has 0 saturated heterocycles. The van der Waals surface area contributed by atoms with Crippen molar-refractivity contribution in [2.45, 2.75) is 37.8 Å². The van der Waals surface area contributed by atoms with Crippen molar-refractivity contribution in [3.63, 3.8) is 0 Å². The Bertz CT molecular complexity index is 472. The van der Waals surface area contributed by atoms with E-state index in [0.29, 0.717) is 12.8 Å². The minimum absolute atomic E-state index is 0. The summed E-state index contributed by atoms with van der Waals surface area (Å²) in [6, 6.07) is 8.18. The van der Waals surface area contributed by atoms with Crippen molar-refractivity contribution in [3.05, 3.63) is 35.4 Å². The number of hydrogen-bond acceptors (Lipinski definition) is 3. The van der Waals surface area contributed by atoms with E-state index >= 15 is 0 Å². The molecular formula is C16H23ClN2O2. The van der Waals surface area contributed by atoms with Crippen molar-refractivity contribution in [2.75, 3.05) is 13.1 Å². The van der Waals surface area contributed by atoms with Gasteiger partial charge in [0.05, 0.1) is 6.10 Å². The van der Waals surface area contributed by atoms with Crippen molar-refractivity contribution in [1.82, 2.24) is 4.90 Å². The fourth-order valence-corrected chi connectivity index (χ4v) is 3.40. The van der Waals surface area contributed by atoms with Crippen molar-refractivity contribution in [1.29, 1.82) is 0 Å². The molecular weight excluding hydrogens is 288 g/mol. The number of carbonyl (C=O) groups is 1. The van der Waals surface area contributed by atoms with Crippen molar-refractivity contribution in [3.8, 4) is 0 Å². The third-order valence-electron chi connectivity index (χ3n) is 4.66. The van der Waals surface area contributed by atoms with Gasteiger partial charge < -0.3 is 15.7 Å². The highest BCUT2D eigenvalue weighted by Crippen LogP contribution is 2.27. The summed E-state index contributed by atoms with van der Waals surface area (Å²) in [6.07, 6.45) is 2.45. The Hall–Kier alpha value is -1.10. The molecule has 1 fully saturated rings. The van der Waals surface area contributed by atoms with Crippen LogP contribution < -0.4 is 5.73 Å². The van der Waals surface area contributed by atoms with Crippen LogP contribution in [0.25, 0.3) is 0 Å². The molecule has 3 atom stereocenters. The molecule has 3 rings (SSSR count). The first-order valence-electron chi connectivity index (χ1n) is 7.44. The van der Waals surface area contributed by atoms with E-state index in [1.165, 1.54) is 11.1 Å². The molecule has 1 aromatic carbocycles. The number of benzene rings is 1. The average molecular weight is 311 g/mol. The van der Waals surface area contributed by atoms with E-state index in [1.807, 2.05) is 4.90 Å². The smallest absolute Gasteiger partial charge is 0.225 e. The zero-order chi connectivity index (χ0) is 14.1. The lowest BCUT2D eigenvalue weighted by molar-refractivity contribution is -0.135. The minimum Gasteiger partial charge on any atom is -0.391 e. The van der Waals surface area contributed by atoms with E-state index in [1.54, 1.807) is 0 Å². The lowest BCUT2D eigenvalue weighted by atomic mass is 10.0. The number of nitrogens with two attached hydrogens (primary N) is 1. The van der Waals surface area contributed by atoms with Crippen molar-refractivity contribution < 1.29 is 9.90 Å². The highest BCUT2D eigenvalue weighted by Gasteiger charge is 2.36. The van der Waals surface area contributed by atoms with Gasteiger partial charge in [-0.1, -0.05) is 24.3 Å². The summed E-state index contributed by atoms with van der Waals surface area (Å²) in [5.74, 6) is 0.0750. The Morgan fingerprint density at radius 1 is 1.14 bits per heavy atom. The van der Waals surface area contributed by atoms with Crippen LogP contribution in [0.5, 0.6) is 0 Å². The Morgan fingerprint density at radius 3 is 2.19 bits per heavy atom. The number of hydrogen-bond donors (Lipinski definition) is 2. The predicted octanol–water partition coefficient (Wildman–Crippen LogP) is 1.13. The predicted molar refractivity (Wildman–Crippen MR) is 84.4 cm³/mol. The maximum Gasteiger partial charge on any atom is 0.225 e. The number of halogens is 1. The molecule has 3 N–H and O–H groups in total. The summed E-state index contributed by atoms with van der Waals surface area (Å²) in [7, 11) is 0. The van der Waals surface area contributed by atoms with Crippen LogP contribution in [0.4, 0.5) is 0 Å². The van der Waals surface area contributed by atoms with Crippen LogP contribution in [0.2, 0.25) is 0 Å². The van der Waals surface area contributed by atoms with E-state index in [2.05, 4.69) is 24.3 Å². The molecule has 1 aliphatic carbocycles. The number of rotatable bonds is 1. The Balaban J connectivity index is 0.00000161. The summed E-state index contributed by atoms with van der Waals surface area (Å²) in [6.45, 7) is 1.55. The first-order chi connectivity index (χ1) is 9.65. The van der Waals surface area contributed by atoms with Gasteiger partial charge in [-0.2, -0.15) is 0 Å². The Morgan fingerprint density at radius 2 is 1.71 bits per heavy atom. The lowest BCUT2D eigenvalue weighted by Crippen LogP contribution is -2.37. The van der Waals surface area contributed by atoms with Gasteiger partial charge in [-0.05, 0) is 36.8 Å². The normalized spacial score (nSPS) is 28.5. The van der Waals surface area contributed by atoms with E-state index in [0.717, 1.165) is 25.9 Å². The molecule has 1 amide bonds. The molecule has 1 saturated carbocycles.